The lowest BCUT2D eigenvalue weighted by molar-refractivity contribution is -0.141. The first kappa shape index (κ1) is 13.6. The van der Waals surface area contributed by atoms with E-state index >= 15 is 0 Å². The van der Waals surface area contributed by atoms with Gasteiger partial charge in [0.2, 0.25) is 0 Å². The zero-order valence-corrected chi connectivity index (χ0v) is 10.5. The summed E-state index contributed by atoms with van der Waals surface area (Å²) in [5.41, 5.74) is 0.170. The summed E-state index contributed by atoms with van der Waals surface area (Å²) in [5, 5.41) is 27.8. The lowest BCUT2D eigenvalue weighted by atomic mass is 10.1. The largest absolute Gasteiger partial charge is 0.506 e. The van der Waals surface area contributed by atoms with Crippen LogP contribution < -0.4 is 0 Å². The highest BCUT2D eigenvalue weighted by molar-refractivity contribution is 6.32. The molecule has 7 heteroatoms. The van der Waals surface area contributed by atoms with E-state index in [4.69, 9.17) is 16.7 Å². The van der Waals surface area contributed by atoms with E-state index in [2.05, 4.69) is 0 Å². The van der Waals surface area contributed by atoms with E-state index in [-0.39, 0.29) is 29.3 Å². The Labute approximate surface area is 113 Å². The number of hydrogen-bond acceptors (Lipinski definition) is 4. The zero-order valence-electron chi connectivity index (χ0n) is 9.78. The Hall–Kier alpha value is -1.79. The number of carbonyl (C=O) groups excluding carboxylic acids is 1. The van der Waals surface area contributed by atoms with Gasteiger partial charge in [-0.15, -0.1) is 0 Å². The molecular weight excluding hydrogens is 274 g/mol. The topological polar surface area (TPSA) is 98.1 Å². The number of rotatable bonds is 2. The average molecular weight is 286 g/mol. The summed E-state index contributed by atoms with van der Waals surface area (Å²) in [4.78, 5) is 24.3. The summed E-state index contributed by atoms with van der Waals surface area (Å²) >= 11 is 5.71. The summed E-state index contributed by atoms with van der Waals surface area (Å²) in [6.07, 6.45) is -0.843. The van der Waals surface area contributed by atoms with Crippen LogP contribution in [0.25, 0.3) is 0 Å². The number of phenolic OH excluding ortho intramolecular Hbond substituents is 1. The van der Waals surface area contributed by atoms with Gasteiger partial charge < -0.3 is 20.2 Å². The Bertz CT molecular complexity index is 533. The molecule has 2 atom stereocenters. The molecule has 2 rings (SSSR count). The number of amides is 1. The van der Waals surface area contributed by atoms with Crippen LogP contribution in [0.4, 0.5) is 0 Å². The molecule has 1 aromatic rings. The van der Waals surface area contributed by atoms with Gasteiger partial charge in [0.15, 0.2) is 0 Å². The average Bonchev–Trinajstić information content (AvgIpc) is 2.74. The second-order valence-electron chi connectivity index (χ2n) is 4.37. The maximum Gasteiger partial charge on any atom is 0.326 e. The molecule has 1 saturated heterocycles. The molecule has 1 amide bonds. The Morgan fingerprint density at radius 3 is 2.63 bits per heavy atom. The summed E-state index contributed by atoms with van der Waals surface area (Å²) in [6, 6.07) is 2.84. The third-order valence-corrected chi connectivity index (χ3v) is 3.32. The molecular formula is C12H12ClNO5. The van der Waals surface area contributed by atoms with Crippen LogP contribution in [0.2, 0.25) is 5.02 Å². The number of halogens is 1. The van der Waals surface area contributed by atoms with Gasteiger partial charge in [-0.2, -0.15) is 0 Å². The van der Waals surface area contributed by atoms with Gasteiger partial charge in [-0.3, -0.25) is 4.79 Å². The fraction of sp³-hybridized carbons (Fsp3) is 0.333. The number of carbonyl (C=O) groups is 2. The number of likely N-dealkylation sites (tertiary alicyclic amines) is 1. The monoisotopic (exact) mass is 285 g/mol. The smallest absolute Gasteiger partial charge is 0.326 e. The Kier molecular flexibility index (Phi) is 3.64. The van der Waals surface area contributed by atoms with E-state index in [1.54, 1.807) is 0 Å². The number of aromatic hydroxyl groups is 1. The number of aliphatic hydroxyl groups is 1. The fourth-order valence-electron chi connectivity index (χ4n) is 2.08. The van der Waals surface area contributed by atoms with Gasteiger partial charge >= 0.3 is 5.97 Å². The fourth-order valence-corrected chi connectivity index (χ4v) is 2.26. The molecule has 0 aromatic heterocycles. The lowest BCUT2D eigenvalue weighted by Gasteiger charge is -2.21. The van der Waals surface area contributed by atoms with Crippen LogP contribution >= 0.6 is 11.6 Å². The first-order chi connectivity index (χ1) is 8.90. The summed E-state index contributed by atoms with van der Waals surface area (Å²) < 4.78 is 0. The second kappa shape index (κ2) is 5.07. The Morgan fingerprint density at radius 1 is 1.37 bits per heavy atom. The van der Waals surface area contributed by atoms with Crippen molar-refractivity contribution >= 4 is 23.5 Å². The Morgan fingerprint density at radius 2 is 2.05 bits per heavy atom. The standard InChI is InChI=1S/C12H12ClNO5/c13-8-3-6(1-2-10(8)16)11(17)14-5-7(15)4-9(14)12(18)19/h1-3,7,9,15-16H,4-5H2,(H,18,19). The van der Waals surface area contributed by atoms with Gasteiger partial charge in [-0.25, -0.2) is 4.79 Å². The van der Waals surface area contributed by atoms with Gasteiger partial charge in [0, 0.05) is 18.5 Å². The molecule has 1 aliphatic rings. The van der Waals surface area contributed by atoms with Crippen molar-refractivity contribution in [3.8, 4) is 5.75 Å². The van der Waals surface area contributed by atoms with E-state index in [0.29, 0.717) is 0 Å². The SMILES string of the molecule is O=C(O)C1CC(O)CN1C(=O)c1ccc(O)c(Cl)c1. The molecule has 1 aliphatic heterocycles. The first-order valence-corrected chi connectivity index (χ1v) is 5.98. The van der Waals surface area contributed by atoms with Crippen LogP contribution in [0.3, 0.4) is 0 Å². The number of hydrogen-bond donors (Lipinski definition) is 3. The molecule has 0 radical (unpaired) electrons. The van der Waals surface area contributed by atoms with Crippen molar-refractivity contribution in [2.45, 2.75) is 18.6 Å². The first-order valence-electron chi connectivity index (χ1n) is 5.60. The van der Waals surface area contributed by atoms with Crippen LogP contribution in [0.1, 0.15) is 16.8 Å². The van der Waals surface area contributed by atoms with Gasteiger partial charge in [0.05, 0.1) is 11.1 Å². The maximum absolute atomic E-state index is 12.2. The number of aliphatic carboxylic acids is 1. The molecule has 0 spiro atoms. The molecule has 3 N–H and O–H groups in total. The normalized spacial score (nSPS) is 22.5. The van der Waals surface area contributed by atoms with Crippen molar-refractivity contribution in [2.24, 2.45) is 0 Å². The number of nitrogens with zero attached hydrogens (tertiary/aromatic N) is 1. The molecule has 1 fully saturated rings. The molecule has 102 valence electrons. The molecule has 0 aliphatic carbocycles. The van der Waals surface area contributed by atoms with Gasteiger partial charge in [-0.05, 0) is 18.2 Å². The van der Waals surface area contributed by atoms with Crippen molar-refractivity contribution in [2.75, 3.05) is 6.54 Å². The van der Waals surface area contributed by atoms with Crippen LogP contribution in [-0.2, 0) is 4.79 Å². The quantitative estimate of drug-likeness (QED) is 0.743. The third-order valence-electron chi connectivity index (χ3n) is 3.02. The van der Waals surface area contributed by atoms with Crippen LogP contribution in [0, 0.1) is 0 Å². The zero-order chi connectivity index (χ0) is 14.2. The molecule has 0 bridgehead atoms. The van der Waals surface area contributed by atoms with Crippen molar-refractivity contribution in [1.29, 1.82) is 0 Å². The number of carboxylic acid groups (broad SMARTS) is 1. The molecule has 19 heavy (non-hydrogen) atoms. The lowest BCUT2D eigenvalue weighted by Crippen LogP contribution is -2.40. The van der Waals surface area contributed by atoms with Crippen LogP contribution in [-0.4, -0.2) is 50.8 Å². The molecule has 1 heterocycles. The van der Waals surface area contributed by atoms with Crippen molar-refractivity contribution in [3.63, 3.8) is 0 Å². The Balaban J connectivity index is 2.27. The minimum atomic E-state index is -1.16. The van der Waals surface area contributed by atoms with E-state index < -0.39 is 24.0 Å². The minimum absolute atomic E-state index is 0.00683. The van der Waals surface area contributed by atoms with E-state index in [1.807, 2.05) is 0 Å². The number of benzene rings is 1. The number of β-amino-alcohol motifs (C(OH)–C–C–N with tert-alkyl or cyclic N) is 1. The maximum atomic E-state index is 12.2. The molecule has 1 aromatic carbocycles. The van der Waals surface area contributed by atoms with Gasteiger partial charge in [0.25, 0.3) is 5.91 Å². The van der Waals surface area contributed by atoms with Crippen LogP contribution in [0.15, 0.2) is 18.2 Å². The van der Waals surface area contributed by atoms with E-state index in [9.17, 15) is 19.8 Å². The van der Waals surface area contributed by atoms with Crippen molar-refractivity contribution in [3.05, 3.63) is 28.8 Å². The minimum Gasteiger partial charge on any atom is -0.506 e. The summed E-state index contributed by atoms with van der Waals surface area (Å²) in [7, 11) is 0. The number of phenols is 1. The highest BCUT2D eigenvalue weighted by Gasteiger charge is 2.39. The number of carboxylic acids is 1. The highest BCUT2D eigenvalue weighted by atomic mass is 35.5. The highest BCUT2D eigenvalue weighted by Crippen LogP contribution is 2.26. The van der Waals surface area contributed by atoms with Crippen LogP contribution in [0.5, 0.6) is 5.75 Å². The molecule has 6 nitrogen and oxygen atoms in total. The van der Waals surface area contributed by atoms with Gasteiger partial charge in [-0.1, -0.05) is 11.6 Å². The van der Waals surface area contributed by atoms with E-state index in [0.717, 1.165) is 4.90 Å². The van der Waals surface area contributed by atoms with E-state index in [1.165, 1.54) is 18.2 Å². The van der Waals surface area contributed by atoms with Crippen molar-refractivity contribution in [1.82, 2.24) is 4.90 Å². The molecule has 2 unspecified atom stereocenters. The van der Waals surface area contributed by atoms with Crippen molar-refractivity contribution < 1.29 is 24.9 Å². The molecule has 0 saturated carbocycles. The summed E-state index contributed by atoms with van der Waals surface area (Å²) in [5.74, 6) is -1.85. The second-order valence-corrected chi connectivity index (χ2v) is 4.77. The predicted octanol–water partition coefficient (Wildman–Crippen LogP) is 0.706. The van der Waals surface area contributed by atoms with Gasteiger partial charge in [0.1, 0.15) is 11.8 Å². The number of aliphatic hydroxyl groups excluding tert-OH is 1. The predicted molar refractivity (Wildman–Crippen MR) is 66.2 cm³/mol. The third kappa shape index (κ3) is 2.64. The summed E-state index contributed by atoms with van der Waals surface area (Å²) in [6.45, 7) is -0.0334.